The number of fused-ring (bicyclic) bond motifs is 1. The minimum absolute atomic E-state index is 0.0686. The second kappa shape index (κ2) is 7.55. The first-order valence-electron chi connectivity index (χ1n) is 8.97. The summed E-state index contributed by atoms with van der Waals surface area (Å²) in [5.41, 5.74) is 2.20. The molecule has 0 aliphatic heterocycles. The molecule has 28 heavy (non-hydrogen) atoms. The summed E-state index contributed by atoms with van der Waals surface area (Å²) in [5.74, 6) is 0.878. The standard InChI is InChI=1S/C23H19N3O2/c1-26-15-25-13-22(26)21(14-27)18-6-7-19(12-24)23(11-18)28-20-9-8-16-4-2-3-5-17(16)10-20/h2-11,13,15,21,27H,14H2,1H3. The van der Waals surface area contributed by atoms with E-state index in [-0.39, 0.29) is 12.5 Å². The lowest BCUT2D eigenvalue weighted by Crippen LogP contribution is -2.10. The van der Waals surface area contributed by atoms with Gasteiger partial charge < -0.3 is 14.4 Å². The van der Waals surface area contributed by atoms with Gasteiger partial charge in [0.1, 0.15) is 17.6 Å². The number of aromatic nitrogens is 2. The third kappa shape index (κ3) is 3.34. The van der Waals surface area contributed by atoms with Crippen molar-refractivity contribution in [2.75, 3.05) is 6.61 Å². The van der Waals surface area contributed by atoms with Crippen LogP contribution in [0.1, 0.15) is 22.7 Å². The van der Waals surface area contributed by atoms with Crippen LogP contribution >= 0.6 is 0 Å². The minimum Gasteiger partial charge on any atom is -0.456 e. The zero-order valence-corrected chi connectivity index (χ0v) is 15.4. The molecule has 1 heterocycles. The maximum Gasteiger partial charge on any atom is 0.145 e. The van der Waals surface area contributed by atoms with E-state index >= 15 is 0 Å². The third-order valence-corrected chi connectivity index (χ3v) is 4.87. The van der Waals surface area contributed by atoms with Crippen molar-refractivity contribution in [3.63, 3.8) is 0 Å². The van der Waals surface area contributed by atoms with Crippen molar-refractivity contribution in [1.82, 2.24) is 9.55 Å². The first kappa shape index (κ1) is 17.8. The molecule has 0 saturated heterocycles. The number of benzene rings is 3. The van der Waals surface area contributed by atoms with Crippen LogP contribution in [0.3, 0.4) is 0 Å². The molecule has 4 rings (SSSR count). The number of aryl methyl sites for hydroxylation is 1. The molecule has 0 spiro atoms. The number of aliphatic hydroxyl groups is 1. The third-order valence-electron chi connectivity index (χ3n) is 4.87. The van der Waals surface area contributed by atoms with Gasteiger partial charge in [-0.15, -0.1) is 0 Å². The van der Waals surface area contributed by atoms with Gasteiger partial charge in [-0.25, -0.2) is 4.98 Å². The van der Waals surface area contributed by atoms with Gasteiger partial charge in [0.2, 0.25) is 0 Å². The van der Waals surface area contributed by atoms with Gasteiger partial charge >= 0.3 is 0 Å². The highest BCUT2D eigenvalue weighted by Gasteiger charge is 2.18. The zero-order valence-electron chi connectivity index (χ0n) is 15.4. The van der Waals surface area contributed by atoms with E-state index < -0.39 is 0 Å². The van der Waals surface area contributed by atoms with E-state index in [1.807, 2.05) is 66.2 Å². The average Bonchev–Trinajstić information content (AvgIpc) is 3.14. The second-order valence-electron chi connectivity index (χ2n) is 6.64. The van der Waals surface area contributed by atoms with Crippen LogP contribution in [0.15, 0.2) is 73.2 Å². The number of nitriles is 1. The Morgan fingerprint density at radius 1 is 1.11 bits per heavy atom. The summed E-state index contributed by atoms with van der Waals surface area (Å²) < 4.78 is 7.94. The van der Waals surface area contributed by atoms with Crippen LogP contribution in [-0.2, 0) is 7.05 Å². The van der Waals surface area contributed by atoms with Gasteiger partial charge in [-0.2, -0.15) is 5.26 Å². The Kier molecular flexibility index (Phi) is 4.79. The van der Waals surface area contributed by atoms with Crippen LogP contribution in [0.4, 0.5) is 0 Å². The summed E-state index contributed by atoms with van der Waals surface area (Å²) in [4.78, 5) is 4.14. The lowest BCUT2D eigenvalue weighted by Gasteiger charge is -2.17. The normalized spacial score (nSPS) is 11.9. The van der Waals surface area contributed by atoms with Crippen LogP contribution in [0.5, 0.6) is 11.5 Å². The lowest BCUT2D eigenvalue weighted by molar-refractivity contribution is 0.277. The van der Waals surface area contributed by atoms with Crippen LogP contribution in [-0.4, -0.2) is 21.3 Å². The van der Waals surface area contributed by atoms with Gasteiger partial charge in [-0.1, -0.05) is 36.4 Å². The zero-order chi connectivity index (χ0) is 19.5. The minimum atomic E-state index is -0.251. The second-order valence-corrected chi connectivity index (χ2v) is 6.64. The van der Waals surface area contributed by atoms with Crippen LogP contribution in [0.25, 0.3) is 10.8 Å². The molecular weight excluding hydrogens is 350 g/mol. The van der Waals surface area contributed by atoms with Crippen molar-refractivity contribution in [1.29, 1.82) is 5.26 Å². The highest BCUT2D eigenvalue weighted by Crippen LogP contribution is 2.32. The molecule has 0 aliphatic rings. The van der Waals surface area contributed by atoms with Gasteiger partial charge in [0.25, 0.3) is 0 Å². The van der Waals surface area contributed by atoms with Crippen LogP contribution < -0.4 is 4.74 Å². The van der Waals surface area contributed by atoms with E-state index in [4.69, 9.17) is 4.74 Å². The Hall–Kier alpha value is -3.62. The Morgan fingerprint density at radius 2 is 1.93 bits per heavy atom. The van der Waals surface area contributed by atoms with Crippen molar-refractivity contribution >= 4 is 10.8 Å². The molecule has 1 unspecified atom stereocenters. The molecule has 0 saturated carbocycles. The Bertz CT molecular complexity index is 1170. The van der Waals surface area contributed by atoms with Crippen molar-refractivity contribution in [2.24, 2.45) is 7.05 Å². The van der Waals surface area contributed by atoms with Gasteiger partial charge in [-0.3, -0.25) is 0 Å². The van der Waals surface area contributed by atoms with E-state index in [0.717, 1.165) is 22.0 Å². The van der Waals surface area contributed by atoms with Gasteiger partial charge in [0.15, 0.2) is 0 Å². The summed E-state index contributed by atoms with van der Waals surface area (Å²) in [6, 6.07) is 21.4. The molecule has 5 nitrogen and oxygen atoms in total. The van der Waals surface area contributed by atoms with Crippen molar-refractivity contribution in [3.8, 4) is 17.6 Å². The maximum atomic E-state index is 9.95. The number of rotatable bonds is 5. The lowest BCUT2D eigenvalue weighted by atomic mass is 9.95. The van der Waals surface area contributed by atoms with E-state index in [9.17, 15) is 10.4 Å². The van der Waals surface area contributed by atoms with Crippen molar-refractivity contribution in [3.05, 3.63) is 90.0 Å². The first-order valence-corrected chi connectivity index (χ1v) is 8.97. The van der Waals surface area contributed by atoms with Crippen molar-refractivity contribution < 1.29 is 9.84 Å². The maximum absolute atomic E-state index is 9.95. The topological polar surface area (TPSA) is 71.1 Å². The number of nitrogens with zero attached hydrogens (tertiary/aromatic N) is 3. The molecule has 1 aromatic heterocycles. The molecule has 1 atom stereocenters. The molecule has 1 N–H and O–H groups in total. The molecule has 0 amide bonds. The van der Waals surface area contributed by atoms with Gasteiger partial charge in [-0.05, 0) is 40.6 Å². The highest BCUT2D eigenvalue weighted by atomic mass is 16.5. The van der Waals surface area contributed by atoms with Gasteiger partial charge in [0.05, 0.1) is 18.5 Å². The molecule has 5 heteroatoms. The first-order chi connectivity index (χ1) is 13.7. The van der Waals surface area contributed by atoms with Crippen LogP contribution in [0.2, 0.25) is 0 Å². The average molecular weight is 369 g/mol. The summed E-state index contributed by atoms with van der Waals surface area (Å²) in [5, 5.41) is 21.6. The van der Waals surface area contributed by atoms with Gasteiger partial charge in [0, 0.05) is 24.9 Å². The molecular formula is C23H19N3O2. The predicted octanol–water partition coefficient (Wildman–Crippen LogP) is 4.36. The summed E-state index contributed by atoms with van der Waals surface area (Å²) in [6.07, 6.45) is 3.44. The summed E-state index contributed by atoms with van der Waals surface area (Å²) in [7, 11) is 1.89. The van der Waals surface area contributed by atoms with Crippen molar-refractivity contribution in [2.45, 2.75) is 5.92 Å². The highest BCUT2D eigenvalue weighted by molar-refractivity contribution is 5.83. The quantitative estimate of drug-likeness (QED) is 0.567. The molecule has 0 radical (unpaired) electrons. The smallest absolute Gasteiger partial charge is 0.145 e. The summed E-state index contributed by atoms with van der Waals surface area (Å²) in [6.45, 7) is -0.0686. The predicted molar refractivity (Wildman–Crippen MR) is 107 cm³/mol. The summed E-state index contributed by atoms with van der Waals surface area (Å²) >= 11 is 0. The molecule has 0 aliphatic carbocycles. The number of ether oxygens (including phenoxy) is 1. The molecule has 0 bridgehead atoms. The number of hydrogen-bond acceptors (Lipinski definition) is 4. The van der Waals surface area contributed by atoms with E-state index in [1.54, 1.807) is 18.6 Å². The molecule has 0 fully saturated rings. The molecule has 3 aromatic carbocycles. The fourth-order valence-corrected chi connectivity index (χ4v) is 3.36. The van der Waals surface area contributed by atoms with Crippen LogP contribution in [0, 0.1) is 11.3 Å². The molecule has 4 aromatic rings. The Balaban J connectivity index is 1.72. The Labute approximate surface area is 163 Å². The monoisotopic (exact) mass is 369 g/mol. The van der Waals surface area contributed by atoms with E-state index in [0.29, 0.717) is 17.1 Å². The number of hydrogen-bond donors (Lipinski definition) is 1. The van der Waals surface area contributed by atoms with E-state index in [1.165, 1.54) is 0 Å². The Morgan fingerprint density at radius 3 is 2.64 bits per heavy atom. The number of imidazole rings is 1. The number of aliphatic hydroxyl groups excluding tert-OH is 1. The fraction of sp³-hybridized carbons (Fsp3) is 0.130. The molecule has 138 valence electrons. The fourth-order valence-electron chi connectivity index (χ4n) is 3.36. The largest absolute Gasteiger partial charge is 0.456 e. The van der Waals surface area contributed by atoms with E-state index in [2.05, 4.69) is 11.1 Å². The SMILES string of the molecule is Cn1cncc1C(CO)c1ccc(C#N)c(Oc2ccc3ccccc3c2)c1.